The second kappa shape index (κ2) is 6.20. The Hall–Kier alpha value is -2.33. The van der Waals surface area contributed by atoms with Crippen LogP contribution in [0, 0.1) is 0 Å². The van der Waals surface area contributed by atoms with E-state index in [9.17, 15) is 4.79 Å². The molecule has 22 heavy (non-hydrogen) atoms. The number of ether oxygens (including phenoxy) is 1. The van der Waals surface area contributed by atoms with E-state index in [-0.39, 0.29) is 18.0 Å². The summed E-state index contributed by atoms with van der Waals surface area (Å²) < 4.78 is 5.11. The van der Waals surface area contributed by atoms with Crippen LogP contribution in [-0.4, -0.2) is 19.1 Å². The van der Waals surface area contributed by atoms with E-state index in [0.717, 1.165) is 23.3 Å². The van der Waals surface area contributed by atoms with E-state index in [1.54, 1.807) is 7.11 Å². The van der Waals surface area contributed by atoms with Crippen LogP contribution in [0.15, 0.2) is 48.5 Å². The van der Waals surface area contributed by atoms with Crippen molar-refractivity contribution in [1.82, 2.24) is 5.32 Å². The number of methoxy groups -OCH3 is 1. The minimum absolute atomic E-state index is 0.00146. The number of hydrogen-bond acceptors (Lipinski definition) is 3. The van der Waals surface area contributed by atoms with E-state index in [4.69, 9.17) is 10.5 Å². The molecule has 4 nitrogen and oxygen atoms in total. The number of benzene rings is 2. The van der Waals surface area contributed by atoms with E-state index >= 15 is 0 Å². The molecule has 0 aromatic heterocycles. The summed E-state index contributed by atoms with van der Waals surface area (Å²) in [6, 6.07) is 15.5. The number of nitrogens with two attached hydrogens (primary N) is 1. The standard InChI is InChI=1S/C18H20N2O2/c1-22-14-8-6-12(7-9-14)10-17(21)20-16-11-13-4-2-3-5-15(13)18(16)19/h2-9,16,18H,10-11,19H2,1H3,(H,20,21)/t16-,18-/m1/s1. The minimum atomic E-state index is -0.129. The molecule has 1 aliphatic carbocycles. The maximum atomic E-state index is 12.2. The van der Waals surface area contributed by atoms with Crippen molar-refractivity contribution in [3.8, 4) is 5.75 Å². The minimum Gasteiger partial charge on any atom is -0.497 e. The average molecular weight is 296 g/mol. The molecule has 0 saturated carbocycles. The second-order valence-corrected chi connectivity index (χ2v) is 5.63. The number of fused-ring (bicyclic) bond motifs is 1. The monoisotopic (exact) mass is 296 g/mol. The van der Waals surface area contributed by atoms with Gasteiger partial charge in [0.1, 0.15) is 5.75 Å². The molecule has 3 N–H and O–H groups in total. The summed E-state index contributed by atoms with van der Waals surface area (Å²) in [6.45, 7) is 0. The van der Waals surface area contributed by atoms with Crippen molar-refractivity contribution < 1.29 is 9.53 Å². The van der Waals surface area contributed by atoms with Gasteiger partial charge >= 0.3 is 0 Å². The number of carbonyl (C=O) groups excluding carboxylic acids is 1. The highest BCUT2D eigenvalue weighted by atomic mass is 16.5. The third-order valence-electron chi connectivity index (χ3n) is 4.16. The van der Waals surface area contributed by atoms with Crippen LogP contribution in [0.1, 0.15) is 22.7 Å². The summed E-state index contributed by atoms with van der Waals surface area (Å²) in [6.07, 6.45) is 1.15. The molecule has 2 aromatic carbocycles. The Bertz CT molecular complexity index is 667. The van der Waals surface area contributed by atoms with E-state index in [2.05, 4.69) is 11.4 Å². The normalized spacial score (nSPS) is 19.5. The predicted molar refractivity (Wildman–Crippen MR) is 85.7 cm³/mol. The van der Waals surface area contributed by atoms with Gasteiger partial charge in [0.25, 0.3) is 0 Å². The molecule has 0 saturated heterocycles. The highest BCUT2D eigenvalue weighted by molar-refractivity contribution is 5.79. The molecule has 2 aromatic rings. The lowest BCUT2D eigenvalue weighted by Gasteiger charge is -2.18. The van der Waals surface area contributed by atoms with Gasteiger partial charge in [-0.15, -0.1) is 0 Å². The molecule has 4 heteroatoms. The number of hydrogen-bond donors (Lipinski definition) is 2. The van der Waals surface area contributed by atoms with Gasteiger partial charge in [-0.3, -0.25) is 4.79 Å². The number of nitrogens with one attached hydrogen (secondary N) is 1. The summed E-state index contributed by atoms with van der Waals surface area (Å²) in [7, 11) is 1.63. The van der Waals surface area contributed by atoms with Crippen LogP contribution in [0.25, 0.3) is 0 Å². The van der Waals surface area contributed by atoms with E-state index in [1.807, 2.05) is 42.5 Å². The third-order valence-corrected chi connectivity index (χ3v) is 4.16. The smallest absolute Gasteiger partial charge is 0.224 e. The maximum absolute atomic E-state index is 12.2. The summed E-state index contributed by atoms with van der Waals surface area (Å²) in [5.41, 5.74) is 9.56. The van der Waals surface area contributed by atoms with Crippen LogP contribution in [0.3, 0.4) is 0 Å². The van der Waals surface area contributed by atoms with Gasteiger partial charge in [0.15, 0.2) is 0 Å². The van der Waals surface area contributed by atoms with E-state index in [1.165, 1.54) is 5.56 Å². The Balaban J connectivity index is 1.61. The maximum Gasteiger partial charge on any atom is 0.224 e. The van der Waals surface area contributed by atoms with Gasteiger partial charge < -0.3 is 15.8 Å². The van der Waals surface area contributed by atoms with Crippen molar-refractivity contribution in [3.05, 3.63) is 65.2 Å². The topological polar surface area (TPSA) is 64.3 Å². The van der Waals surface area contributed by atoms with Crippen molar-refractivity contribution in [2.24, 2.45) is 5.73 Å². The highest BCUT2D eigenvalue weighted by Gasteiger charge is 2.30. The Morgan fingerprint density at radius 3 is 2.64 bits per heavy atom. The Morgan fingerprint density at radius 1 is 1.23 bits per heavy atom. The quantitative estimate of drug-likeness (QED) is 0.906. The van der Waals surface area contributed by atoms with Crippen LogP contribution >= 0.6 is 0 Å². The molecular formula is C18H20N2O2. The van der Waals surface area contributed by atoms with E-state index in [0.29, 0.717) is 6.42 Å². The van der Waals surface area contributed by atoms with Gasteiger partial charge in [-0.05, 0) is 35.2 Å². The fourth-order valence-electron chi connectivity index (χ4n) is 2.95. The summed E-state index contributed by atoms with van der Waals surface area (Å²) >= 11 is 0. The Morgan fingerprint density at radius 2 is 1.95 bits per heavy atom. The van der Waals surface area contributed by atoms with Gasteiger partial charge in [0, 0.05) is 0 Å². The van der Waals surface area contributed by atoms with Crippen molar-refractivity contribution in [2.75, 3.05) is 7.11 Å². The van der Waals surface area contributed by atoms with Crippen molar-refractivity contribution in [3.63, 3.8) is 0 Å². The molecule has 0 unspecified atom stereocenters. The largest absolute Gasteiger partial charge is 0.497 e. The highest BCUT2D eigenvalue weighted by Crippen LogP contribution is 2.29. The molecule has 0 bridgehead atoms. The molecule has 0 aliphatic heterocycles. The molecule has 114 valence electrons. The molecule has 0 spiro atoms. The average Bonchev–Trinajstić information content (AvgIpc) is 2.84. The SMILES string of the molecule is COc1ccc(CC(=O)N[C@@H]2Cc3ccccc3[C@H]2N)cc1. The van der Waals surface area contributed by atoms with Gasteiger partial charge in [-0.25, -0.2) is 0 Å². The zero-order chi connectivity index (χ0) is 15.5. The zero-order valence-corrected chi connectivity index (χ0v) is 12.6. The first-order valence-electron chi connectivity index (χ1n) is 7.43. The molecule has 0 radical (unpaired) electrons. The fraction of sp³-hybridized carbons (Fsp3) is 0.278. The van der Waals surface area contributed by atoms with Gasteiger partial charge in [-0.2, -0.15) is 0 Å². The van der Waals surface area contributed by atoms with Gasteiger partial charge in [0.2, 0.25) is 5.91 Å². The van der Waals surface area contributed by atoms with Crippen molar-refractivity contribution in [1.29, 1.82) is 0 Å². The van der Waals surface area contributed by atoms with Crippen molar-refractivity contribution in [2.45, 2.75) is 24.9 Å². The van der Waals surface area contributed by atoms with Crippen LogP contribution in [0.5, 0.6) is 5.75 Å². The molecular weight excluding hydrogens is 276 g/mol. The number of carbonyl (C=O) groups is 1. The summed E-state index contributed by atoms with van der Waals surface area (Å²) in [4.78, 5) is 12.2. The lowest BCUT2D eigenvalue weighted by Crippen LogP contribution is -2.41. The summed E-state index contributed by atoms with van der Waals surface area (Å²) in [5.74, 6) is 0.788. The molecule has 2 atom stereocenters. The number of amides is 1. The predicted octanol–water partition coefficient (Wildman–Crippen LogP) is 1.98. The fourth-order valence-corrected chi connectivity index (χ4v) is 2.95. The molecule has 3 rings (SSSR count). The molecule has 0 heterocycles. The summed E-state index contributed by atoms with van der Waals surface area (Å²) in [5, 5.41) is 3.06. The molecule has 1 amide bonds. The first kappa shape index (κ1) is 14.6. The third kappa shape index (κ3) is 2.97. The first-order valence-corrected chi connectivity index (χ1v) is 7.43. The zero-order valence-electron chi connectivity index (χ0n) is 12.6. The van der Waals surface area contributed by atoms with Gasteiger partial charge in [0.05, 0.1) is 25.6 Å². The van der Waals surface area contributed by atoms with E-state index < -0.39 is 0 Å². The second-order valence-electron chi connectivity index (χ2n) is 5.63. The van der Waals surface area contributed by atoms with Gasteiger partial charge in [-0.1, -0.05) is 36.4 Å². The van der Waals surface area contributed by atoms with Crippen LogP contribution in [0.2, 0.25) is 0 Å². The lowest BCUT2D eigenvalue weighted by molar-refractivity contribution is -0.121. The number of rotatable bonds is 4. The Kier molecular flexibility index (Phi) is 4.11. The van der Waals surface area contributed by atoms with Crippen molar-refractivity contribution >= 4 is 5.91 Å². The Labute approximate surface area is 130 Å². The first-order chi connectivity index (χ1) is 10.7. The van der Waals surface area contributed by atoms with Crippen LogP contribution in [-0.2, 0) is 17.6 Å². The van der Waals surface area contributed by atoms with Crippen LogP contribution < -0.4 is 15.8 Å². The van der Waals surface area contributed by atoms with Crippen LogP contribution in [0.4, 0.5) is 0 Å². The molecule has 1 aliphatic rings. The molecule has 0 fully saturated rings. The lowest BCUT2D eigenvalue weighted by atomic mass is 10.1.